The molecule has 46 valence electrons. The summed E-state index contributed by atoms with van der Waals surface area (Å²) in [4.78, 5) is 0. The number of nitrogens with one attached hydrogen (secondary N) is 2. The summed E-state index contributed by atoms with van der Waals surface area (Å²) in [6.07, 6.45) is 3.22. The van der Waals surface area contributed by atoms with E-state index in [0.29, 0.717) is 0 Å². The predicted molar refractivity (Wildman–Crippen MR) is 30.9 cm³/mol. The molecule has 1 aliphatic heterocycles. The first-order valence-electron chi connectivity index (χ1n) is 2.66. The molecule has 1 unspecified atom stereocenters. The van der Waals surface area contributed by atoms with Gasteiger partial charge in [-0.25, -0.2) is 0 Å². The Hall–Kier alpha value is -0.700. The smallest absolute Gasteiger partial charge is 0.122 e. The van der Waals surface area contributed by atoms with Crippen LogP contribution in [0.15, 0.2) is 12.4 Å². The minimum absolute atomic E-state index is 0.00926. The fourth-order valence-electron chi connectivity index (χ4n) is 0.630. The topological polar surface area (TPSA) is 44.3 Å². The summed E-state index contributed by atoms with van der Waals surface area (Å²) >= 11 is 0. The highest BCUT2D eigenvalue weighted by Crippen LogP contribution is 1.91. The Morgan fingerprint density at radius 3 is 2.25 bits per heavy atom. The quantitative estimate of drug-likeness (QED) is 0.425. The first kappa shape index (κ1) is 5.44. The van der Waals surface area contributed by atoms with Gasteiger partial charge in [-0.3, -0.25) is 0 Å². The Morgan fingerprint density at radius 2 is 2.00 bits per heavy atom. The van der Waals surface area contributed by atoms with Gasteiger partial charge in [0.25, 0.3) is 0 Å². The summed E-state index contributed by atoms with van der Waals surface area (Å²) in [5.41, 5.74) is 0. The minimum Gasteiger partial charge on any atom is -0.389 e. The van der Waals surface area contributed by atoms with Crippen LogP contribution in [0.5, 0.6) is 0 Å². The first-order chi connectivity index (χ1) is 3.80. The molecule has 0 aromatic carbocycles. The molecule has 3 N–H and O–H groups in total. The molecule has 0 fully saturated rings. The zero-order valence-corrected chi connectivity index (χ0v) is 4.76. The second-order valence-electron chi connectivity index (χ2n) is 1.88. The highest BCUT2D eigenvalue weighted by atomic mass is 16.3. The molecule has 0 spiro atoms. The third-order valence-corrected chi connectivity index (χ3v) is 1.12. The Kier molecular flexibility index (Phi) is 1.39. The van der Waals surface area contributed by atoms with E-state index in [0.717, 1.165) is 0 Å². The summed E-state index contributed by atoms with van der Waals surface area (Å²) in [6.45, 7) is 1.73. The van der Waals surface area contributed by atoms with Crippen LogP contribution in [0.1, 0.15) is 6.92 Å². The molecule has 1 aliphatic rings. The zero-order valence-electron chi connectivity index (χ0n) is 4.76. The Morgan fingerprint density at radius 1 is 1.50 bits per heavy atom. The maximum Gasteiger partial charge on any atom is 0.122 e. The van der Waals surface area contributed by atoms with Crippen LogP contribution in [-0.4, -0.2) is 17.4 Å². The van der Waals surface area contributed by atoms with Crippen molar-refractivity contribution in [1.29, 1.82) is 0 Å². The summed E-state index contributed by atoms with van der Waals surface area (Å²) in [6, 6.07) is 0. The molecule has 0 amide bonds. The van der Waals surface area contributed by atoms with Crippen LogP contribution in [0.25, 0.3) is 0 Å². The van der Waals surface area contributed by atoms with E-state index in [1.165, 1.54) is 0 Å². The van der Waals surface area contributed by atoms with Crippen molar-refractivity contribution in [2.24, 2.45) is 0 Å². The van der Waals surface area contributed by atoms with E-state index in [9.17, 15) is 0 Å². The van der Waals surface area contributed by atoms with E-state index >= 15 is 0 Å². The number of hydrogen-bond acceptors (Lipinski definition) is 3. The standard InChI is InChI=1S/C5H10N2O/c1-4(8)5-6-2-3-7-5/h2-8H,1H3. The van der Waals surface area contributed by atoms with Crippen molar-refractivity contribution < 1.29 is 5.11 Å². The molecule has 8 heavy (non-hydrogen) atoms. The average Bonchev–Trinajstić information content (AvgIpc) is 2.12. The highest BCUT2D eigenvalue weighted by Gasteiger charge is 2.12. The molecule has 1 atom stereocenters. The molecule has 0 aliphatic carbocycles. The van der Waals surface area contributed by atoms with Crippen molar-refractivity contribution in [2.75, 3.05) is 0 Å². The van der Waals surface area contributed by atoms with Gasteiger partial charge < -0.3 is 15.7 Å². The second-order valence-corrected chi connectivity index (χ2v) is 1.88. The van der Waals surface area contributed by atoms with Crippen molar-refractivity contribution in [3.8, 4) is 0 Å². The van der Waals surface area contributed by atoms with Gasteiger partial charge >= 0.3 is 0 Å². The molecular weight excluding hydrogens is 104 g/mol. The van der Waals surface area contributed by atoms with Crippen LogP contribution in [-0.2, 0) is 0 Å². The third-order valence-electron chi connectivity index (χ3n) is 1.12. The summed E-state index contributed by atoms with van der Waals surface area (Å²) < 4.78 is 0. The van der Waals surface area contributed by atoms with Gasteiger partial charge in [0.15, 0.2) is 0 Å². The molecule has 3 nitrogen and oxygen atoms in total. The molecule has 0 radical (unpaired) electrons. The average molecular weight is 114 g/mol. The highest BCUT2D eigenvalue weighted by molar-refractivity contribution is 4.92. The molecule has 1 rings (SSSR count). The number of rotatable bonds is 1. The van der Waals surface area contributed by atoms with E-state index in [1.54, 1.807) is 19.3 Å². The van der Waals surface area contributed by atoms with Crippen molar-refractivity contribution >= 4 is 0 Å². The van der Waals surface area contributed by atoms with Crippen molar-refractivity contribution in [1.82, 2.24) is 10.6 Å². The van der Waals surface area contributed by atoms with Crippen LogP contribution in [0.3, 0.4) is 0 Å². The van der Waals surface area contributed by atoms with Gasteiger partial charge in [0.1, 0.15) is 6.17 Å². The van der Waals surface area contributed by atoms with Crippen LogP contribution in [0, 0.1) is 0 Å². The summed E-state index contributed by atoms with van der Waals surface area (Å²) in [7, 11) is 0. The Balaban J connectivity index is 2.29. The lowest BCUT2D eigenvalue weighted by Crippen LogP contribution is -2.40. The Labute approximate surface area is 48.4 Å². The van der Waals surface area contributed by atoms with E-state index < -0.39 is 0 Å². The zero-order chi connectivity index (χ0) is 5.98. The van der Waals surface area contributed by atoms with Gasteiger partial charge in [0.05, 0.1) is 6.10 Å². The monoisotopic (exact) mass is 114 g/mol. The first-order valence-corrected chi connectivity index (χ1v) is 2.66. The number of aliphatic hydroxyl groups excluding tert-OH is 1. The van der Waals surface area contributed by atoms with Gasteiger partial charge in [-0.1, -0.05) is 0 Å². The van der Waals surface area contributed by atoms with Crippen molar-refractivity contribution in [2.45, 2.75) is 19.2 Å². The minimum atomic E-state index is -0.343. The fourth-order valence-corrected chi connectivity index (χ4v) is 0.630. The van der Waals surface area contributed by atoms with Crippen LogP contribution >= 0.6 is 0 Å². The normalized spacial score (nSPS) is 22.2. The van der Waals surface area contributed by atoms with E-state index in [1.807, 2.05) is 0 Å². The summed E-state index contributed by atoms with van der Waals surface area (Å²) in [5, 5.41) is 14.7. The van der Waals surface area contributed by atoms with Crippen LogP contribution in [0.4, 0.5) is 0 Å². The van der Waals surface area contributed by atoms with E-state index in [4.69, 9.17) is 5.11 Å². The van der Waals surface area contributed by atoms with Gasteiger partial charge in [0, 0.05) is 12.4 Å². The third kappa shape index (κ3) is 0.924. The van der Waals surface area contributed by atoms with E-state index in [2.05, 4.69) is 10.6 Å². The molecule has 3 heteroatoms. The molecule has 0 saturated carbocycles. The van der Waals surface area contributed by atoms with Crippen LogP contribution < -0.4 is 10.6 Å². The number of hydrogen-bond donors (Lipinski definition) is 3. The van der Waals surface area contributed by atoms with Gasteiger partial charge in [-0.05, 0) is 6.92 Å². The molecule has 1 heterocycles. The fraction of sp³-hybridized carbons (Fsp3) is 0.600. The van der Waals surface area contributed by atoms with Gasteiger partial charge in [-0.15, -0.1) is 0 Å². The van der Waals surface area contributed by atoms with Crippen molar-refractivity contribution in [3.63, 3.8) is 0 Å². The Bertz CT molecular complexity index is 92.6. The second kappa shape index (κ2) is 2.05. The van der Waals surface area contributed by atoms with E-state index in [-0.39, 0.29) is 12.3 Å². The molecular formula is C5H10N2O. The summed E-state index contributed by atoms with van der Waals surface area (Å²) in [5.74, 6) is 0. The lowest BCUT2D eigenvalue weighted by Gasteiger charge is -2.14. The molecule has 0 aromatic heterocycles. The lowest BCUT2D eigenvalue weighted by atomic mass is 10.3. The molecule has 0 aromatic rings. The molecule has 0 bridgehead atoms. The SMILES string of the molecule is CC(O)C1NC=CN1. The lowest BCUT2D eigenvalue weighted by molar-refractivity contribution is 0.147. The maximum absolute atomic E-state index is 8.89. The van der Waals surface area contributed by atoms with Gasteiger partial charge in [0.2, 0.25) is 0 Å². The maximum atomic E-state index is 8.89. The largest absolute Gasteiger partial charge is 0.389 e. The van der Waals surface area contributed by atoms with Crippen LogP contribution in [0.2, 0.25) is 0 Å². The van der Waals surface area contributed by atoms with Crippen molar-refractivity contribution in [3.05, 3.63) is 12.4 Å². The molecule has 0 saturated heterocycles. The van der Waals surface area contributed by atoms with Gasteiger partial charge in [-0.2, -0.15) is 0 Å². The predicted octanol–water partition coefficient (Wildman–Crippen LogP) is -0.643. The number of aliphatic hydroxyl groups is 1.